The number of para-hydroxylation sites is 1. The molecule has 3 nitrogen and oxygen atoms in total. The topological polar surface area (TPSA) is 44.5 Å². The lowest BCUT2D eigenvalue weighted by Crippen LogP contribution is -2.34. The van der Waals surface area contributed by atoms with Crippen LogP contribution in [0.5, 0.6) is 11.5 Å². The summed E-state index contributed by atoms with van der Waals surface area (Å²) in [6.45, 7) is 8.02. The first kappa shape index (κ1) is 13.8. The summed E-state index contributed by atoms with van der Waals surface area (Å²) in [5.74, 6) is 1.57. The van der Waals surface area contributed by atoms with Crippen LogP contribution in [0.25, 0.3) is 0 Å². The highest BCUT2D eigenvalue weighted by molar-refractivity contribution is 5.47. The molecule has 1 aromatic rings. The lowest BCUT2D eigenvalue weighted by molar-refractivity contribution is 0.226. The molecule has 0 aliphatic heterocycles. The van der Waals surface area contributed by atoms with Crippen molar-refractivity contribution in [3.05, 3.63) is 23.8 Å². The highest BCUT2D eigenvalue weighted by Gasteiger charge is 2.18. The van der Waals surface area contributed by atoms with Crippen molar-refractivity contribution in [3.63, 3.8) is 0 Å². The lowest BCUT2D eigenvalue weighted by Gasteiger charge is -2.23. The van der Waals surface area contributed by atoms with Crippen LogP contribution < -0.4 is 15.2 Å². The zero-order valence-corrected chi connectivity index (χ0v) is 11.4. The van der Waals surface area contributed by atoms with E-state index in [-0.39, 0.29) is 11.6 Å². The molecule has 0 heterocycles. The summed E-state index contributed by atoms with van der Waals surface area (Å²) in [6, 6.07) is 5.91. The summed E-state index contributed by atoms with van der Waals surface area (Å²) in [7, 11) is 1.65. The molecule has 17 heavy (non-hydrogen) atoms. The Bertz CT molecular complexity index is 367. The van der Waals surface area contributed by atoms with E-state index < -0.39 is 0 Å². The molecule has 96 valence electrons. The van der Waals surface area contributed by atoms with Crippen LogP contribution in [0.1, 0.15) is 33.3 Å². The molecular formula is C14H23NO2. The average molecular weight is 237 g/mol. The van der Waals surface area contributed by atoms with Gasteiger partial charge >= 0.3 is 0 Å². The second kappa shape index (κ2) is 5.41. The van der Waals surface area contributed by atoms with Gasteiger partial charge in [-0.25, -0.2) is 0 Å². The molecule has 0 atom stereocenters. The minimum atomic E-state index is -0.262. The van der Waals surface area contributed by atoms with Gasteiger partial charge in [0.25, 0.3) is 0 Å². The van der Waals surface area contributed by atoms with Crippen LogP contribution >= 0.6 is 0 Å². The highest BCUT2D eigenvalue weighted by atomic mass is 16.5. The van der Waals surface area contributed by atoms with Crippen molar-refractivity contribution in [2.75, 3.05) is 7.11 Å². The van der Waals surface area contributed by atoms with Crippen molar-refractivity contribution in [1.29, 1.82) is 0 Å². The fraction of sp³-hybridized carbons (Fsp3) is 0.571. The first-order valence-corrected chi connectivity index (χ1v) is 5.95. The van der Waals surface area contributed by atoms with Crippen molar-refractivity contribution < 1.29 is 9.47 Å². The molecule has 0 aromatic heterocycles. The first-order valence-electron chi connectivity index (χ1n) is 5.95. The largest absolute Gasteiger partial charge is 0.493 e. The van der Waals surface area contributed by atoms with Gasteiger partial charge in [-0.2, -0.15) is 0 Å². The van der Waals surface area contributed by atoms with E-state index in [1.165, 1.54) is 0 Å². The summed E-state index contributed by atoms with van der Waals surface area (Å²) in [5, 5.41) is 0. The smallest absolute Gasteiger partial charge is 0.164 e. The van der Waals surface area contributed by atoms with Gasteiger partial charge in [-0.05, 0) is 45.7 Å². The molecule has 0 aliphatic carbocycles. The molecule has 0 unspecified atom stereocenters. The zero-order chi connectivity index (χ0) is 13.1. The SMILES string of the molecule is COc1cccc(CC(C)(C)N)c1OC(C)C. The fourth-order valence-corrected chi connectivity index (χ4v) is 1.72. The Labute approximate surface area is 104 Å². The first-order chi connectivity index (χ1) is 7.83. The van der Waals surface area contributed by atoms with E-state index in [0.717, 1.165) is 23.5 Å². The molecule has 0 bridgehead atoms. The van der Waals surface area contributed by atoms with Gasteiger partial charge in [0, 0.05) is 5.54 Å². The Hall–Kier alpha value is -1.22. The van der Waals surface area contributed by atoms with Crippen molar-refractivity contribution in [2.45, 2.75) is 45.8 Å². The number of rotatable bonds is 5. The number of ether oxygens (including phenoxy) is 2. The summed E-state index contributed by atoms with van der Waals surface area (Å²) < 4.78 is 11.2. The Morgan fingerprint density at radius 1 is 1.29 bits per heavy atom. The Balaban J connectivity index is 3.10. The van der Waals surface area contributed by atoms with Crippen LogP contribution in [0, 0.1) is 0 Å². The normalized spacial score (nSPS) is 11.7. The molecule has 1 aromatic carbocycles. The second-order valence-corrected chi connectivity index (χ2v) is 5.28. The number of hydrogen-bond acceptors (Lipinski definition) is 3. The summed E-state index contributed by atoms with van der Waals surface area (Å²) in [6.07, 6.45) is 0.873. The maximum atomic E-state index is 6.06. The molecule has 3 heteroatoms. The minimum Gasteiger partial charge on any atom is -0.493 e. The second-order valence-electron chi connectivity index (χ2n) is 5.28. The van der Waals surface area contributed by atoms with E-state index in [9.17, 15) is 0 Å². The van der Waals surface area contributed by atoms with Gasteiger partial charge in [0.15, 0.2) is 11.5 Å². The molecule has 0 spiro atoms. The van der Waals surface area contributed by atoms with Crippen LogP contribution in [0.15, 0.2) is 18.2 Å². The fourth-order valence-electron chi connectivity index (χ4n) is 1.72. The Morgan fingerprint density at radius 2 is 1.94 bits per heavy atom. The minimum absolute atomic E-state index is 0.117. The third-order valence-corrected chi connectivity index (χ3v) is 2.28. The number of nitrogens with two attached hydrogens (primary N) is 1. The van der Waals surface area contributed by atoms with Crippen LogP contribution in [0.4, 0.5) is 0 Å². The van der Waals surface area contributed by atoms with Crippen LogP contribution in [0.2, 0.25) is 0 Å². The molecule has 0 saturated heterocycles. The quantitative estimate of drug-likeness (QED) is 0.856. The highest BCUT2D eigenvalue weighted by Crippen LogP contribution is 2.33. The maximum Gasteiger partial charge on any atom is 0.164 e. The van der Waals surface area contributed by atoms with Gasteiger partial charge in [-0.3, -0.25) is 0 Å². The van der Waals surface area contributed by atoms with Crippen LogP contribution in [0.3, 0.4) is 0 Å². The Morgan fingerprint density at radius 3 is 2.41 bits per heavy atom. The van der Waals surface area contributed by atoms with Gasteiger partial charge < -0.3 is 15.2 Å². The predicted molar refractivity (Wildman–Crippen MR) is 70.7 cm³/mol. The molecule has 0 amide bonds. The van der Waals surface area contributed by atoms with Gasteiger partial charge in [0.2, 0.25) is 0 Å². The van der Waals surface area contributed by atoms with E-state index in [4.69, 9.17) is 15.2 Å². The van der Waals surface area contributed by atoms with E-state index in [1.807, 2.05) is 45.9 Å². The number of methoxy groups -OCH3 is 1. The van der Waals surface area contributed by atoms with Gasteiger partial charge in [0.05, 0.1) is 13.2 Å². The predicted octanol–water partition coefficient (Wildman–Crippen LogP) is 2.76. The van der Waals surface area contributed by atoms with Crippen LogP contribution in [-0.2, 0) is 6.42 Å². The van der Waals surface area contributed by atoms with E-state index >= 15 is 0 Å². The van der Waals surface area contributed by atoms with Crippen molar-refractivity contribution >= 4 is 0 Å². The van der Waals surface area contributed by atoms with E-state index in [2.05, 4.69) is 0 Å². The third kappa shape index (κ3) is 4.27. The number of hydrogen-bond donors (Lipinski definition) is 1. The monoisotopic (exact) mass is 237 g/mol. The molecule has 1 rings (SSSR count). The summed E-state index contributed by atoms with van der Waals surface area (Å²) in [5.41, 5.74) is 6.89. The summed E-state index contributed by atoms with van der Waals surface area (Å²) >= 11 is 0. The van der Waals surface area contributed by atoms with Crippen LogP contribution in [-0.4, -0.2) is 18.8 Å². The summed E-state index contributed by atoms with van der Waals surface area (Å²) in [4.78, 5) is 0. The van der Waals surface area contributed by atoms with Gasteiger partial charge in [0.1, 0.15) is 0 Å². The van der Waals surface area contributed by atoms with Crippen molar-refractivity contribution in [3.8, 4) is 11.5 Å². The van der Waals surface area contributed by atoms with Gasteiger partial charge in [-0.15, -0.1) is 0 Å². The Kier molecular flexibility index (Phi) is 4.40. The zero-order valence-electron chi connectivity index (χ0n) is 11.4. The molecule has 0 aliphatic rings. The van der Waals surface area contributed by atoms with Gasteiger partial charge in [-0.1, -0.05) is 12.1 Å². The van der Waals surface area contributed by atoms with E-state index in [1.54, 1.807) is 7.11 Å². The third-order valence-electron chi connectivity index (χ3n) is 2.28. The lowest BCUT2D eigenvalue weighted by atomic mass is 9.95. The molecule has 0 saturated carbocycles. The molecular weight excluding hydrogens is 214 g/mol. The standard InChI is InChI=1S/C14H23NO2/c1-10(2)17-13-11(9-14(3,4)15)7-6-8-12(13)16-5/h6-8,10H,9,15H2,1-5H3. The number of benzene rings is 1. The van der Waals surface area contributed by atoms with E-state index in [0.29, 0.717) is 0 Å². The maximum absolute atomic E-state index is 6.06. The van der Waals surface area contributed by atoms with Crippen molar-refractivity contribution in [2.24, 2.45) is 5.73 Å². The average Bonchev–Trinajstić information content (AvgIpc) is 2.17. The molecule has 0 radical (unpaired) electrons. The molecule has 2 N–H and O–H groups in total. The molecule has 0 fully saturated rings. The van der Waals surface area contributed by atoms with Crippen molar-refractivity contribution in [1.82, 2.24) is 0 Å².